The minimum atomic E-state index is 0.0492. The van der Waals surface area contributed by atoms with Gasteiger partial charge in [0, 0.05) is 5.54 Å². The third-order valence-electron chi connectivity index (χ3n) is 4.57. The van der Waals surface area contributed by atoms with Crippen molar-refractivity contribution in [3.63, 3.8) is 0 Å². The summed E-state index contributed by atoms with van der Waals surface area (Å²) in [6.45, 7) is 0. The highest BCUT2D eigenvalue weighted by molar-refractivity contribution is 6.32. The van der Waals surface area contributed by atoms with Crippen molar-refractivity contribution >= 4 is 11.6 Å². The number of halogens is 1. The number of nitrogens with one attached hydrogen (secondary N) is 1. The number of benzene rings is 1. The predicted molar refractivity (Wildman–Crippen MR) is 83.0 cm³/mol. The normalized spacial score (nSPS) is 19.3. The second-order valence-electron chi connectivity index (χ2n) is 5.70. The van der Waals surface area contributed by atoms with Gasteiger partial charge in [-0.05, 0) is 44.6 Å². The molecule has 1 aliphatic rings. The Bertz CT molecular complexity index is 458. The van der Waals surface area contributed by atoms with E-state index in [9.17, 15) is 0 Å². The molecule has 1 aromatic rings. The van der Waals surface area contributed by atoms with Crippen molar-refractivity contribution in [2.45, 2.75) is 37.3 Å². The quantitative estimate of drug-likeness (QED) is 0.648. The Morgan fingerprint density at radius 2 is 2.00 bits per heavy atom. The average Bonchev–Trinajstić information content (AvgIpc) is 2.92. The van der Waals surface area contributed by atoms with Gasteiger partial charge in [-0.15, -0.1) is 0 Å². The van der Waals surface area contributed by atoms with Crippen molar-refractivity contribution in [2.24, 2.45) is 5.84 Å². The van der Waals surface area contributed by atoms with Gasteiger partial charge in [-0.25, -0.2) is 0 Å². The summed E-state index contributed by atoms with van der Waals surface area (Å²) >= 11 is 6.11. The number of nitrogens with two attached hydrogens (primary N) is 1. The van der Waals surface area contributed by atoms with Gasteiger partial charge < -0.3 is 9.64 Å². The van der Waals surface area contributed by atoms with E-state index in [1.165, 1.54) is 12.8 Å². The van der Waals surface area contributed by atoms with Gasteiger partial charge in [0.2, 0.25) is 0 Å². The van der Waals surface area contributed by atoms with Crippen LogP contribution in [0.3, 0.4) is 0 Å². The summed E-state index contributed by atoms with van der Waals surface area (Å²) in [5, 5.41) is 0.623. The number of hydrogen-bond donors (Lipinski definition) is 2. The molecule has 0 aliphatic heterocycles. The number of likely N-dealkylation sites (N-methyl/N-ethyl adjacent to an activating group) is 1. The van der Waals surface area contributed by atoms with Crippen molar-refractivity contribution < 1.29 is 4.74 Å². The van der Waals surface area contributed by atoms with E-state index in [0.29, 0.717) is 10.8 Å². The Kier molecular flexibility index (Phi) is 4.91. The van der Waals surface area contributed by atoms with Gasteiger partial charge in [0.05, 0.1) is 18.2 Å². The number of nitrogens with zero attached hydrogens (tertiary/aromatic N) is 1. The van der Waals surface area contributed by atoms with Crippen LogP contribution < -0.4 is 16.0 Å². The van der Waals surface area contributed by atoms with Crippen molar-refractivity contribution in [1.29, 1.82) is 0 Å². The fourth-order valence-corrected chi connectivity index (χ4v) is 3.59. The van der Waals surface area contributed by atoms with Gasteiger partial charge in [0.1, 0.15) is 5.75 Å². The minimum Gasteiger partial charge on any atom is -0.495 e. The summed E-state index contributed by atoms with van der Waals surface area (Å²) in [5.74, 6) is 6.58. The highest BCUT2D eigenvalue weighted by atomic mass is 35.5. The van der Waals surface area contributed by atoms with Crippen LogP contribution in [0.1, 0.15) is 37.3 Å². The summed E-state index contributed by atoms with van der Waals surface area (Å²) < 4.78 is 5.32. The highest BCUT2D eigenvalue weighted by Crippen LogP contribution is 2.44. The van der Waals surface area contributed by atoms with E-state index in [2.05, 4.69) is 24.4 Å². The monoisotopic (exact) mass is 297 g/mol. The fourth-order valence-electron chi connectivity index (χ4n) is 3.40. The van der Waals surface area contributed by atoms with Crippen molar-refractivity contribution in [2.75, 3.05) is 21.2 Å². The molecular weight excluding hydrogens is 274 g/mol. The molecule has 0 saturated heterocycles. The Morgan fingerprint density at radius 1 is 1.35 bits per heavy atom. The molecule has 1 aromatic carbocycles. The van der Waals surface area contributed by atoms with E-state index in [4.69, 9.17) is 22.2 Å². The number of hydrazine groups is 1. The zero-order valence-electron chi connectivity index (χ0n) is 12.4. The maximum atomic E-state index is 6.11. The van der Waals surface area contributed by atoms with Crippen LogP contribution in [0.25, 0.3) is 0 Å². The van der Waals surface area contributed by atoms with Gasteiger partial charge in [-0.3, -0.25) is 11.3 Å². The molecule has 0 heterocycles. The van der Waals surface area contributed by atoms with E-state index >= 15 is 0 Å². The highest BCUT2D eigenvalue weighted by Gasteiger charge is 2.43. The van der Waals surface area contributed by atoms with Gasteiger partial charge in [-0.1, -0.05) is 30.5 Å². The van der Waals surface area contributed by atoms with Crippen LogP contribution in [0.2, 0.25) is 5.02 Å². The minimum absolute atomic E-state index is 0.0492. The lowest BCUT2D eigenvalue weighted by atomic mass is 9.83. The van der Waals surface area contributed by atoms with E-state index < -0.39 is 0 Å². The molecule has 0 amide bonds. The lowest BCUT2D eigenvalue weighted by molar-refractivity contribution is 0.104. The molecule has 3 N–H and O–H groups in total. The van der Waals surface area contributed by atoms with Crippen molar-refractivity contribution in [3.05, 3.63) is 28.8 Å². The summed E-state index contributed by atoms with van der Waals surface area (Å²) in [6, 6.07) is 5.94. The average molecular weight is 298 g/mol. The predicted octanol–water partition coefficient (Wildman–Crippen LogP) is 2.73. The molecule has 5 heteroatoms. The first-order valence-corrected chi connectivity index (χ1v) is 7.40. The largest absolute Gasteiger partial charge is 0.495 e. The molecule has 1 atom stereocenters. The van der Waals surface area contributed by atoms with Crippen LogP contribution in [0.5, 0.6) is 5.75 Å². The molecular formula is C15H24ClN3O. The smallest absolute Gasteiger partial charge is 0.137 e. The number of ether oxygens (including phenoxy) is 1. The van der Waals surface area contributed by atoms with E-state index in [0.717, 1.165) is 18.4 Å². The molecule has 0 spiro atoms. The molecule has 1 unspecified atom stereocenters. The molecule has 20 heavy (non-hydrogen) atoms. The van der Waals surface area contributed by atoms with Crippen LogP contribution in [-0.4, -0.2) is 31.6 Å². The number of methoxy groups -OCH3 is 1. The summed E-state index contributed by atoms with van der Waals surface area (Å²) in [6.07, 6.45) is 4.75. The molecule has 2 rings (SSSR count). The zero-order valence-corrected chi connectivity index (χ0v) is 13.2. The summed E-state index contributed by atoms with van der Waals surface area (Å²) in [7, 11) is 5.89. The molecule has 4 nitrogen and oxygen atoms in total. The standard InChI is InChI=1S/C15H24ClN3O/c1-19(2)15(8-4-5-9-15)14(18-17)11-6-7-12(16)13(10-11)20-3/h6-7,10,14,18H,4-5,8-9,17H2,1-3H3. The first-order valence-electron chi connectivity index (χ1n) is 7.02. The van der Waals surface area contributed by atoms with Gasteiger partial charge in [0.25, 0.3) is 0 Å². The van der Waals surface area contributed by atoms with Crippen LogP contribution in [0.4, 0.5) is 0 Å². The van der Waals surface area contributed by atoms with E-state index in [-0.39, 0.29) is 11.6 Å². The SMILES string of the molecule is COc1cc(C(NN)C2(N(C)C)CCCC2)ccc1Cl. The molecule has 1 aliphatic carbocycles. The van der Waals surface area contributed by atoms with Crippen LogP contribution in [-0.2, 0) is 0 Å². The third kappa shape index (κ3) is 2.66. The first-order chi connectivity index (χ1) is 9.55. The fraction of sp³-hybridized carbons (Fsp3) is 0.600. The second-order valence-corrected chi connectivity index (χ2v) is 6.11. The Morgan fingerprint density at radius 3 is 2.50 bits per heavy atom. The second kappa shape index (κ2) is 6.31. The third-order valence-corrected chi connectivity index (χ3v) is 4.88. The lowest BCUT2D eigenvalue weighted by Gasteiger charge is -2.43. The van der Waals surface area contributed by atoms with Gasteiger partial charge in [-0.2, -0.15) is 0 Å². The molecule has 1 fully saturated rings. The van der Waals surface area contributed by atoms with E-state index in [1.807, 2.05) is 18.2 Å². The molecule has 0 radical (unpaired) electrons. The summed E-state index contributed by atoms with van der Waals surface area (Å²) in [4.78, 5) is 2.30. The number of hydrogen-bond acceptors (Lipinski definition) is 4. The Balaban J connectivity index is 2.41. The zero-order chi connectivity index (χ0) is 14.8. The lowest BCUT2D eigenvalue weighted by Crippen LogP contribution is -2.53. The Hall–Kier alpha value is -0.810. The van der Waals surface area contributed by atoms with Crippen LogP contribution in [0.15, 0.2) is 18.2 Å². The first kappa shape index (κ1) is 15.6. The Labute approximate surface area is 126 Å². The maximum Gasteiger partial charge on any atom is 0.137 e. The topological polar surface area (TPSA) is 50.5 Å². The molecule has 0 aromatic heterocycles. The van der Waals surface area contributed by atoms with Gasteiger partial charge in [0.15, 0.2) is 0 Å². The molecule has 1 saturated carbocycles. The van der Waals surface area contributed by atoms with Crippen LogP contribution in [0, 0.1) is 0 Å². The van der Waals surface area contributed by atoms with Crippen molar-refractivity contribution in [3.8, 4) is 5.75 Å². The van der Waals surface area contributed by atoms with E-state index in [1.54, 1.807) is 7.11 Å². The number of rotatable bonds is 5. The van der Waals surface area contributed by atoms with Crippen molar-refractivity contribution in [1.82, 2.24) is 10.3 Å². The summed E-state index contributed by atoms with van der Waals surface area (Å²) in [5.41, 5.74) is 4.18. The van der Waals surface area contributed by atoms with Gasteiger partial charge >= 0.3 is 0 Å². The van der Waals surface area contributed by atoms with Crippen LogP contribution >= 0.6 is 11.6 Å². The maximum absolute atomic E-state index is 6.11. The molecule has 0 bridgehead atoms. The molecule has 112 valence electrons.